The molecular weight excluding hydrogens is 258 g/mol. The van der Waals surface area contributed by atoms with Crippen molar-refractivity contribution in [1.29, 1.82) is 0 Å². The van der Waals surface area contributed by atoms with Crippen molar-refractivity contribution in [3.63, 3.8) is 0 Å². The number of anilines is 1. The first kappa shape index (κ1) is 13.9. The van der Waals surface area contributed by atoms with Crippen LogP contribution in [0.5, 0.6) is 0 Å². The second-order valence-electron chi connectivity index (χ2n) is 5.62. The second kappa shape index (κ2) is 6.57. The lowest BCUT2D eigenvalue weighted by atomic mass is 10.00. The number of Topliss-reactive ketones (excluding diaryl/α,β-unsaturated/α-hetero) is 1. The Hall–Kier alpha value is -2.09. The molecule has 1 aliphatic heterocycles. The van der Waals surface area contributed by atoms with Crippen molar-refractivity contribution in [2.45, 2.75) is 25.7 Å². The van der Waals surface area contributed by atoms with E-state index in [0.29, 0.717) is 6.42 Å². The minimum absolute atomic E-state index is 0.283. The van der Waals surface area contributed by atoms with Crippen molar-refractivity contribution in [2.75, 3.05) is 18.0 Å². The molecule has 0 bridgehead atoms. The van der Waals surface area contributed by atoms with E-state index in [1.54, 1.807) is 0 Å². The van der Waals surface area contributed by atoms with Crippen LogP contribution in [0.25, 0.3) is 0 Å². The van der Waals surface area contributed by atoms with Crippen LogP contribution in [0.4, 0.5) is 5.69 Å². The third-order valence-corrected chi connectivity index (χ3v) is 4.14. The maximum Gasteiger partial charge on any atom is 0.166 e. The largest absolute Gasteiger partial charge is 0.370 e. The Morgan fingerprint density at radius 1 is 0.905 bits per heavy atom. The summed E-state index contributed by atoms with van der Waals surface area (Å²) in [6, 6.07) is 18.6. The molecule has 0 aromatic heterocycles. The smallest absolute Gasteiger partial charge is 0.166 e. The average molecular weight is 279 g/mol. The Labute approximate surface area is 126 Å². The van der Waals surface area contributed by atoms with Gasteiger partial charge in [-0.1, -0.05) is 42.5 Å². The van der Waals surface area contributed by atoms with E-state index in [9.17, 15) is 4.79 Å². The highest BCUT2D eigenvalue weighted by Crippen LogP contribution is 2.26. The first-order valence-electron chi connectivity index (χ1n) is 7.76. The van der Waals surface area contributed by atoms with E-state index in [0.717, 1.165) is 37.2 Å². The van der Waals surface area contributed by atoms with E-state index in [4.69, 9.17) is 0 Å². The van der Waals surface area contributed by atoms with Crippen LogP contribution in [-0.2, 0) is 6.42 Å². The number of hydrogen-bond donors (Lipinski definition) is 0. The molecule has 3 rings (SSSR count). The van der Waals surface area contributed by atoms with Gasteiger partial charge in [-0.2, -0.15) is 0 Å². The third-order valence-electron chi connectivity index (χ3n) is 4.14. The van der Waals surface area contributed by atoms with Gasteiger partial charge in [-0.3, -0.25) is 4.79 Å². The van der Waals surface area contributed by atoms with Crippen molar-refractivity contribution in [3.8, 4) is 0 Å². The van der Waals surface area contributed by atoms with Crippen molar-refractivity contribution in [3.05, 3.63) is 65.7 Å². The monoisotopic (exact) mass is 279 g/mol. The topological polar surface area (TPSA) is 20.3 Å². The zero-order valence-electron chi connectivity index (χ0n) is 12.3. The Morgan fingerprint density at radius 2 is 1.67 bits per heavy atom. The lowest BCUT2D eigenvalue weighted by Crippen LogP contribution is -2.32. The SMILES string of the molecule is O=C1CCN(CCCCc2ccccc2)c2ccccc21. The number of nitrogens with zero attached hydrogens (tertiary/aromatic N) is 1. The molecule has 2 aromatic carbocycles. The van der Waals surface area contributed by atoms with E-state index in [-0.39, 0.29) is 5.78 Å². The molecule has 0 saturated carbocycles. The molecule has 0 amide bonds. The van der Waals surface area contributed by atoms with Crippen LogP contribution in [0.1, 0.15) is 35.2 Å². The molecule has 1 aliphatic rings. The van der Waals surface area contributed by atoms with E-state index in [2.05, 4.69) is 41.3 Å². The molecule has 21 heavy (non-hydrogen) atoms. The molecule has 2 aromatic rings. The number of unbranched alkanes of at least 4 members (excludes halogenated alkanes) is 1. The van der Waals surface area contributed by atoms with Crippen LogP contribution in [0.2, 0.25) is 0 Å². The van der Waals surface area contributed by atoms with Gasteiger partial charge in [0.25, 0.3) is 0 Å². The highest BCUT2D eigenvalue weighted by Gasteiger charge is 2.21. The van der Waals surface area contributed by atoms with Crippen molar-refractivity contribution >= 4 is 11.5 Å². The average Bonchev–Trinajstić information content (AvgIpc) is 2.55. The summed E-state index contributed by atoms with van der Waals surface area (Å²) in [7, 11) is 0. The minimum Gasteiger partial charge on any atom is -0.370 e. The fraction of sp³-hybridized carbons (Fsp3) is 0.316. The van der Waals surface area contributed by atoms with Gasteiger partial charge in [-0.15, -0.1) is 0 Å². The molecule has 0 fully saturated rings. The highest BCUT2D eigenvalue weighted by atomic mass is 16.1. The molecular formula is C19H21NO. The van der Waals surface area contributed by atoms with Crippen LogP contribution in [0.3, 0.4) is 0 Å². The predicted molar refractivity (Wildman–Crippen MR) is 87.0 cm³/mol. The summed E-state index contributed by atoms with van der Waals surface area (Å²) >= 11 is 0. The van der Waals surface area contributed by atoms with Crippen LogP contribution in [-0.4, -0.2) is 18.9 Å². The molecule has 2 nitrogen and oxygen atoms in total. The quantitative estimate of drug-likeness (QED) is 0.768. The summed E-state index contributed by atoms with van der Waals surface area (Å²) < 4.78 is 0. The number of hydrogen-bond acceptors (Lipinski definition) is 2. The fourth-order valence-corrected chi connectivity index (χ4v) is 2.99. The van der Waals surface area contributed by atoms with Crippen LogP contribution in [0, 0.1) is 0 Å². The van der Waals surface area contributed by atoms with Crippen molar-refractivity contribution in [2.24, 2.45) is 0 Å². The first-order valence-corrected chi connectivity index (χ1v) is 7.76. The Balaban J connectivity index is 1.54. The van der Waals surface area contributed by atoms with Crippen LogP contribution in [0.15, 0.2) is 54.6 Å². The highest BCUT2D eigenvalue weighted by molar-refractivity contribution is 6.03. The number of carbonyl (C=O) groups excluding carboxylic acids is 1. The molecule has 1 heterocycles. The normalized spacial score (nSPS) is 14.1. The summed E-state index contributed by atoms with van der Waals surface area (Å²) in [6.45, 7) is 1.90. The number of carbonyl (C=O) groups is 1. The summed E-state index contributed by atoms with van der Waals surface area (Å²) in [5.41, 5.74) is 3.42. The molecule has 0 radical (unpaired) electrons. The maximum absolute atomic E-state index is 11.9. The van der Waals surface area contributed by atoms with Gasteiger partial charge in [0.2, 0.25) is 0 Å². The Morgan fingerprint density at radius 3 is 2.52 bits per heavy atom. The lowest BCUT2D eigenvalue weighted by molar-refractivity contribution is 0.0980. The first-order chi connectivity index (χ1) is 10.3. The van der Waals surface area contributed by atoms with Gasteiger partial charge in [-0.05, 0) is 37.0 Å². The van der Waals surface area contributed by atoms with E-state index < -0.39 is 0 Å². The lowest BCUT2D eigenvalue weighted by Gasteiger charge is -2.30. The summed E-state index contributed by atoms with van der Waals surface area (Å²) in [6.07, 6.45) is 4.14. The molecule has 2 heteroatoms. The second-order valence-corrected chi connectivity index (χ2v) is 5.62. The number of fused-ring (bicyclic) bond motifs is 1. The number of benzene rings is 2. The predicted octanol–water partition coefficient (Wildman–Crippen LogP) is 4.10. The van der Waals surface area contributed by atoms with E-state index in [1.807, 2.05) is 18.2 Å². The Kier molecular flexibility index (Phi) is 4.34. The number of rotatable bonds is 5. The van der Waals surface area contributed by atoms with Crippen molar-refractivity contribution in [1.82, 2.24) is 0 Å². The van der Waals surface area contributed by atoms with Gasteiger partial charge >= 0.3 is 0 Å². The number of ketones is 1. The number of para-hydroxylation sites is 1. The summed E-state index contributed by atoms with van der Waals surface area (Å²) in [5.74, 6) is 0.283. The van der Waals surface area contributed by atoms with Gasteiger partial charge in [0.1, 0.15) is 0 Å². The van der Waals surface area contributed by atoms with Crippen LogP contribution < -0.4 is 4.90 Å². The van der Waals surface area contributed by atoms with Gasteiger partial charge < -0.3 is 4.90 Å². The van der Waals surface area contributed by atoms with Gasteiger partial charge in [0, 0.05) is 30.8 Å². The summed E-state index contributed by atoms with van der Waals surface area (Å²) in [5, 5.41) is 0. The number of aryl methyl sites for hydroxylation is 1. The Bertz CT molecular complexity index is 606. The molecule has 0 aliphatic carbocycles. The molecule has 0 saturated heterocycles. The molecule has 0 atom stereocenters. The zero-order chi connectivity index (χ0) is 14.5. The van der Waals surface area contributed by atoms with E-state index in [1.165, 1.54) is 12.0 Å². The van der Waals surface area contributed by atoms with Gasteiger partial charge in [0.05, 0.1) is 0 Å². The maximum atomic E-state index is 11.9. The van der Waals surface area contributed by atoms with Gasteiger partial charge in [0.15, 0.2) is 5.78 Å². The van der Waals surface area contributed by atoms with Gasteiger partial charge in [-0.25, -0.2) is 0 Å². The fourth-order valence-electron chi connectivity index (χ4n) is 2.99. The zero-order valence-corrected chi connectivity index (χ0v) is 12.3. The van der Waals surface area contributed by atoms with E-state index >= 15 is 0 Å². The van der Waals surface area contributed by atoms with Crippen LogP contribution >= 0.6 is 0 Å². The third kappa shape index (κ3) is 3.33. The molecule has 108 valence electrons. The molecule has 0 spiro atoms. The summed E-state index contributed by atoms with van der Waals surface area (Å²) in [4.78, 5) is 14.3. The van der Waals surface area contributed by atoms with Crippen molar-refractivity contribution < 1.29 is 4.79 Å². The standard InChI is InChI=1S/C19H21NO/c21-19-13-15-20(18-12-5-4-11-17(18)19)14-7-6-10-16-8-2-1-3-9-16/h1-5,8-9,11-12H,6-7,10,13-15H2. The molecule has 0 unspecified atom stereocenters. The minimum atomic E-state index is 0.283. The molecule has 0 N–H and O–H groups in total.